The number of carboxylic acid groups (broad SMARTS) is 3. The average Bonchev–Trinajstić information content (AvgIpc) is 2.35. The zero-order valence-corrected chi connectivity index (χ0v) is 51.3. The van der Waals surface area contributed by atoms with Crippen molar-refractivity contribution in [3.05, 3.63) is 83.1 Å². The molecule has 1 heterocycles. The second kappa shape index (κ2) is 31.7. The highest BCUT2D eigenvalue weighted by Crippen LogP contribution is 2.37. The van der Waals surface area contributed by atoms with Crippen molar-refractivity contribution < 1.29 is 72.8 Å². The Bertz CT molecular complexity index is 2920. The van der Waals surface area contributed by atoms with Gasteiger partial charge in [-0.25, -0.2) is 9.59 Å². The number of hydrogen-bond donors (Lipinski definition) is 9. The molecule has 7 amide bonds. The second-order valence-electron chi connectivity index (χ2n) is 24.1. The van der Waals surface area contributed by atoms with Crippen LogP contribution >= 0.6 is 0 Å². The summed E-state index contributed by atoms with van der Waals surface area (Å²) in [5.74, 6) is -9.58. The third kappa shape index (κ3) is 20.9. The zero-order chi connectivity index (χ0) is 64.4. The van der Waals surface area contributed by atoms with Crippen molar-refractivity contribution in [1.29, 1.82) is 0 Å². The number of aliphatic carboxylic acids is 3. The fourth-order valence-electron chi connectivity index (χ4n) is 9.98. The summed E-state index contributed by atoms with van der Waals surface area (Å²) < 4.78 is 7.78. The first-order valence-corrected chi connectivity index (χ1v) is 28.4. The van der Waals surface area contributed by atoms with Crippen molar-refractivity contribution >= 4 is 76.1 Å². The van der Waals surface area contributed by atoms with E-state index in [9.17, 15) is 58.2 Å². The lowest BCUT2D eigenvalue weighted by Crippen LogP contribution is -2.63. The van der Waals surface area contributed by atoms with Crippen LogP contribution in [-0.4, -0.2) is 152 Å². The van der Waals surface area contributed by atoms with E-state index >= 15 is 4.79 Å². The zero-order valence-electron chi connectivity index (χ0n) is 51.3. The number of likely N-dealkylation sites (N-methyl/N-ethyl adjacent to an activating group) is 2. The molecule has 0 saturated carbocycles. The molecule has 2 aromatic carbocycles. The highest BCUT2D eigenvalue weighted by molar-refractivity contribution is 5.99. The summed E-state index contributed by atoms with van der Waals surface area (Å²) in [5, 5.41) is 39.8. The van der Waals surface area contributed by atoms with Crippen LogP contribution in [0.2, 0.25) is 0 Å². The molecule has 0 spiro atoms. The first kappa shape index (κ1) is 71.1. The van der Waals surface area contributed by atoms with Crippen molar-refractivity contribution in [2.24, 2.45) is 41.7 Å². The number of nitrogens with zero attached hydrogens (tertiary/aromatic N) is 3. The molecule has 0 aliphatic rings. The molecule has 3 aromatic rings. The van der Waals surface area contributed by atoms with Crippen molar-refractivity contribution in [3.63, 3.8) is 0 Å². The molecule has 0 aliphatic carbocycles. The Kier molecular flexibility index (Phi) is 26.5. The maximum absolute atomic E-state index is 15.3. The normalized spacial score (nSPS) is 14.4. The number of carbonyl (C=O) groups is 11. The van der Waals surface area contributed by atoms with E-state index in [2.05, 4.69) is 21.3 Å². The molecule has 468 valence electrons. The number of rotatable bonds is 33. The SMILES string of the molecule is C/C(=C\[C@H](C(C)C)N(C)C(=O)[C@@H](NC(=O)C(N(C)C(=O)OCc1ccc(CC(=O)[C@H](CCCNC(N)=O)NC(=O)[C@@H](N)C(C)C)cc1)C(C)(C)c1cn(C)c2ccccc12)C(C)(C)C)C(=O)N[C@H](CCC(=O)O)C(=O)C[C@H](CCC(=O)O)C(=O)O. The predicted molar refractivity (Wildman–Crippen MR) is 317 cm³/mol. The number of aryl methyl sites for hydroxylation is 1. The molecule has 11 N–H and O–H groups in total. The average molecular weight is 1190 g/mol. The molecule has 24 nitrogen and oxygen atoms in total. The van der Waals surface area contributed by atoms with Crippen molar-refractivity contribution in [2.75, 3.05) is 20.6 Å². The minimum Gasteiger partial charge on any atom is -0.481 e. The number of benzene rings is 2. The van der Waals surface area contributed by atoms with Gasteiger partial charge in [-0.2, -0.15) is 0 Å². The van der Waals surface area contributed by atoms with Crippen LogP contribution in [0.3, 0.4) is 0 Å². The van der Waals surface area contributed by atoms with Crippen LogP contribution in [0.5, 0.6) is 0 Å². The minimum atomic E-state index is -1.44. The lowest BCUT2D eigenvalue weighted by atomic mass is 9.76. The number of ether oxygens (including phenoxy) is 1. The van der Waals surface area contributed by atoms with Gasteiger partial charge in [0.05, 0.1) is 30.1 Å². The lowest BCUT2D eigenvalue weighted by molar-refractivity contribution is -0.145. The maximum atomic E-state index is 15.3. The quantitative estimate of drug-likeness (QED) is 0.0287. The van der Waals surface area contributed by atoms with Gasteiger partial charge in [0, 0.05) is 81.5 Å². The highest BCUT2D eigenvalue weighted by atomic mass is 16.6. The van der Waals surface area contributed by atoms with Gasteiger partial charge in [0.1, 0.15) is 18.7 Å². The number of nitrogens with one attached hydrogen (secondary N) is 4. The number of Topliss-reactive ketones (excluding diaryl/α,β-unsaturated/α-hetero) is 2. The molecule has 85 heavy (non-hydrogen) atoms. The van der Waals surface area contributed by atoms with E-state index in [0.29, 0.717) is 23.1 Å². The molecule has 24 heteroatoms. The molecular formula is C61H89N9O15. The molecule has 1 unspecified atom stereocenters. The summed E-state index contributed by atoms with van der Waals surface area (Å²) in [6.45, 7) is 17.4. The largest absolute Gasteiger partial charge is 0.481 e. The Hall–Kier alpha value is -8.15. The fourth-order valence-corrected chi connectivity index (χ4v) is 9.98. The van der Waals surface area contributed by atoms with Gasteiger partial charge in [-0.15, -0.1) is 0 Å². The van der Waals surface area contributed by atoms with Gasteiger partial charge < -0.3 is 62.3 Å². The van der Waals surface area contributed by atoms with E-state index in [4.69, 9.17) is 21.3 Å². The van der Waals surface area contributed by atoms with Gasteiger partial charge in [-0.05, 0) is 72.6 Å². The Labute approximate surface area is 497 Å². The van der Waals surface area contributed by atoms with Crippen LogP contribution in [0.15, 0.2) is 66.4 Å². The van der Waals surface area contributed by atoms with Gasteiger partial charge in [0.2, 0.25) is 23.6 Å². The van der Waals surface area contributed by atoms with Crippen molar-refractivity contribution in [1.82, 2.24) is 35.6 Å². The number of primary amides is 1. The van der Waals surface area contributed by atoms with Crippen LogP contribution < -0.4 is 32.7 Å². The number of aromatic nitrogens is 1. The smallest absolute Gasteiger partial charge is 0.410 e. The molecule has 0 saturated heterocycles. The first-order chi connectivity index (χ1) is 39.5. The molecule has 1 aromatic heterocycles. The van der Waals surface area contributed by atoms with Crippen LogP contribution in [0, 0.1) is 23.2 Å². The number of carboxylic acids is 3. The van der Waals surface area contributed by atoms with E-state index < -0.39 is 132 Å². The van der Waals surface area contributed by atoms with Gasteiger partial charge in [0.25, 0.3) is 0 Å². The van der Waals surface area contributed by atoms with E-state index in [0.717, 1.165) is 10.9 Å². The third-order valence-corrected chi connectivity index (χ3v) is 15.2. The predicted octanol–water partition coefficient (Wildman–Crippen LogP) is 4.96. The molecule has 0 aliphatic heterocycles. The van der Waals surface area contributed by atoms with E-state index in [1.165, 1.54) is 36.9 Å². The van der Waals surface area contributed by atoms with Gasteiger partial charge >= 0.3 is 30.0 Å². The van der Waals surface area contributed by atoms with Gasteiger partial charge in [0.15, 0.2) is 11.6 Å². The highest BCUT2D eigenvalue weighted by Gasteiger charge is 2.47. The Morgan fingerprint density at radius 1 is 0.729 bits per heavy atom. The summed E-state index contributed by atoms with van der Waals surface area (Å²) >= 11 is 0. The van der Waals surface area contributed by atoms with Crippen LogP contribution in [-0.2, 0) is 73.4 Å². The topological polar surface area (TPSA) is 369 Å². The summed E-state index contributed by atoms with van der Waals surface area (Å²) in [6.07, 6.45) is 0.496. The fraction of sp³-hybridized carbons (Fsp3) is 0.557. The molecular weight excluding hydrogens is 1100 g/mol. The number of hydrogen-bond acceptors (Lipinski definition) is 13. The number of amides is 7. The number of fused-ring (bicyclic) bond motifs is 1. The summed E-state index contributed by atoms with van der Waals surface area (Å²) in [7, 11) is 4.79. The minimum absolute atomic E-state index is 0.0227. The number of ketones is 2. The monoisotopic (exact) mass is 1190 g/mol. The summed E-state index contributed by atoms with van der Waals surface area (Å²) in [4.78, 5) is 147. The van der Waals surface area contributed by atoms with Crippen molar-refractivity contribution in [2.45, 2.75) is 169 Å². The van der Waals surface area contributed by atoms with Crippen LogP contribution in [0.1, 0.15) is 131 Å². The molecule has 3 rings (SSSR count). The maximum Gasteiger partial charge on any atom is 0.410 e. The Morgan fingerprint density at radius 2 is 1.31 bits per heavy atom. The number of nitrogens with two attached hydrogens (primary N) is 2. The standard InChI is InChI=1S/C61H89N9O15/c1-34(2)45(29-36(5)53(77)65-43(25-27-49(75)76)47(72)31-39(57(81)82)24-26-48(73)74)69(12)56(80)51(60(6,7)8)67-55(79)52(61(9,10)41-32-68(11)44-19-15-14-17-40(41)44)70(13)59(84)85-33-38-22-20-37(21-23-38)30-46(71)42(18-16-28-64-58(63)83)66-54(78)50(62)35(3)4/h14-15,17,19-23,29,32,34-35,39,42-43,45,50-52H,16,18,24-28,30-31,33,62H2,1-13H3,(H,65,77)(H,66,78)(H,67,79)(H,73,74)(H,75,76)(H,81,82)(H3,63,64,83)/b36-29+/t39-,42-,43+,45+,50-,51+,52?/m0/s1. The second-order valence-corrected chi connectivity index (χ2v) is 24.1. The molecule has 0 radical (unpaired) electrons. The number of urea groups is 1. The first-order valence-electron chi connectivity index (χ1n) is 28.4. The molecule has 0 bridgehead atoms. The van der Waals surface area contributed by atoms with Gasteiger partial charge in [-0.1, -0.05) is 111 Å². The van der Waals surface area contributed by atoms with Crippen molar-refractivity contribution in [3.8, 4) is 0 Å². The summed E-state index contributed by atoms with van der Waals surface area (Å²) in [6, 6.07) is 6.99. The molecule has 0 fully saturated rings. The van der Waals surface area contributed by atoms with E-state index in [1.54, 1.807) is 72.7 Å². The van der Waals surface area contributed by atoms with Gasteiger partial charge in [-0.3, -0.25) is 48.1 Å². The Balaban J connectivity index is 1.96. The summed E-state index contributed by atoms with van der Waals surface area (Å²) in [5.41, 5.74) is 11.8. The van der Waals surface area contributed by atoms with E-state index in [-0.39, 0.29) is 62.0 Å². The lowest BCUT2D eigenvalue weighted by Gasteiger charge is -2.42. The Morgan fingerprint density at radius 3 is 1.86 bits per heavy atom. The number of para-hydroxylation sites is 1. The van der Waals surface area contributed by atoms with E-state index in [1.807, 2.05) is 55.9 Å². The number of carbonyl (C=O) groups excluding carboxylic acids is 8. The third-order valence-electron chi connectivity index (χ3n) is 15.2. The van der Waals surface area contributed by atoms with Crippen LogP contribution in [0.25, 0.3) is 10.9 Å². The van der Waals surface area contributed by atoms with Crippen LogP contribution in [0.4, 0.5) is 9.59 Å². The molecule has 7 atom stereocenters.